The average Bonchev–Trinajstić information content (AvgIpc) is 3.08. The van der Waals surface area contributed by atoms with E-state index in [1.807, 2.05) is 24.0 Å². The van der Waals surface area contributed by atoms with Crippen LogP contribution >= 0.6 is 0 Å². The van der Waals surface area contributed by atoms with E-state index in [0.717, 1.165) is 37.2 Å². The van der Waals surface area contributed by atoms with Gasteiger partial charge in [0.2, 0.25) is 5.91 Å². The Balaban J connectivity index is 1.96. The highest BCUT2D eigenvalue weighted by Crippen LogP contribution is 2.39. The maximum absolute atomic E-state index is 12.3. The minimum Gasteiger partial charge on any atom is -0.464 e. The second-order valence-electron chi connectivity index (χ2n) is 5.48. The highest BCUT2D eigenvalue weighted by Gasteiger charge is 2.42. The number of carbonyl (C=O) groups excluding carboxylic acids is 1. The lowest BCUT2D eigenvalue weighted by atomic mass is 10.0. The zero-order chi connectivity index (χ0) is 12.7. The van der Waals surface area contributed by atoms with E-state index in [2.05, 4.69) is 0 Å². The molecule has 2 atom stereocenters. The van der Waals surface area contributed by atoms with E-state index in [1.165, 1.54) is 0 Å². The summed E-state index contributed by atoms with van der Waals surface area (Å²) in [5.74, 6) is 1.97. The van der Waals surface area contributed by atoms with Crippen molar-refractivity contribution in [3.05, 3.63) is 23.7 Å². The number of amides is 1. The molecule has 0 bridgehead atoms. The van der Waals surface area contributed by atoms with Gasteiger partial charge in [0.15, 0.2) is 0 Å². The fraction of sp³-hybridized carbons (Fsp3) is 0.643. The molecule has 2 unspecified atom stereocenters. The van der Waals surface area contributed by atoms with Crippen LogP contribution in [0.1, 0.15) is 49.7 Å². The van der Waals surface area contributed by atoms with Crippen molar-refractivity contribution in [2.75, 3.05) is 0 Å². The van der Waals surface area contributed by atoms with Gasteiger partial charge in [0.05, 0.1) is 0 Å². The van der Waals surface area contributed by atoms with Crippen LogP contribution in [0.25, 0.3) is 0 Å². The van der Waals surface area contributed by atoms with Crippen molar-refractivity contribution in [2.45, 2.75) is 57.2 Å². The van der Waals surface area contributed by atoms with Crippen molar-refractivity contribution >= 4 is 5.91 Å². The molecule has 0 radical (unpaired) electrons. The number of furan rings is 1. The van der Waals surface area contributed by atoms with E-state index in [9.17, 15) is 4.79 Å². The molecule has 18 heavy (non-hydrogen) atoms. The Morgan fingerprint density at radius 2 is 2.11 bits per heavy atom. The Labute approximate surface area is 107 Å². The van der Waals surface area contributed by atoms with Crippen molar-refractivity contribution in [2.24, 2.45) is 5.73 Å². The summed E-state index contributed by atoms with van der Waals surface area (Å²) >= 11 is 0. The second-order valence-corrected chi connectivity index (χ2v) is 5.48. The molecule has 4 heteroatoms. The van der Waals surface area contributed by atoms with Gasteiger partial charge in [-0.2, -0.15) is 0 Å². The largest absolute Gasteiger partial charge is 0.464 e. The summed E-state index contributed by atoms with van der Waals surface area (Å²) in [5.41, 5.74) is 6.28. The zero-order valence-electron chi connectivity index (χ0n) is 10.8. The lowest BCUT2D eigenvalue weighted by molar-refractivity contribution is -0.134. The first-order valence-corrected chi connectivity index (χ1v) is 6.80. The summed E-state index contributed by atoms with van der Waals surface area (Å²) in [7, 11) is 0. The first-order valence-electron chi connectivity index (χ1n) is 6.80. The topological polar surface area (TPSA) is 59.5 Å². The standard InChI is InChI=1S/C14H20N2O2/c1-9-5-8-12(18-9)14-11(15)3-2-4-13(17)16(14)10-6-7-10/h5,8,10-11,14H,2-4,6-7,15H2,1H3. The minimum absolute atomic E-state index is 0.0115. The van der Waals surface area contributed by atoms with E-state index in [1.54, 1.807) is 0 Å². The highest BCUT2D eigenvalue weighted by molar-refractivity contribution is 5.77. The molecular weight excluding hydrogens is 228 g/mol. The first kappa shape index (κ1) is 11.8. The molecule has 1 aromatic rings. The molecule has 1 saturated heterocycles. The van der Waals surface area contributed by atoms with Crippen LogP contribution in [0.5, 0.6) is 0 Å². The molecule has 1 aliphatic heterocycles. The second kappa shape index (κ2) is 4.43. The number of likely N-dealkylation sites (tertiary alicyclic amines) is 1. The summed E-state index contributed by atoms with van der Waals surface area (Å²) in [6, 6.07) is 4.22. The van der Waals surface area contributed by atoms with E-state index in [0.29, 0.717) is 12.5 Å². The van der Waals surface area contributed by atoms with Crippen LogP contribution in [0, 0.1) is 6.92 Å². The fourth-order valence-corrected chi connectivity index (χ4v) is 2.88. The summed E-state index contributed by atoms with van der Waals surface area (Å²) in [6.45, 7) is 1.93. The SMILES string of the molecule is Cc1ccc(C2C(N)CCCC(=O)N2C2CC2)o1. The Bertz CT molecular complexity index is 450. The molecular formula is C14H20N2O2. The van der Waals surface area contributed by atoms with E-state index >= 15 is 0 Å². The van der Waals surface area contributed by atoms with Gasteiger partial charge >= 0.3 is 0 Å². The molecule has 2 N–H and O–H groups in total. The van der Waals surface area contributed by atoms with E-state index in [-0.39, 0.29) is 18.0 Å². The highest BCUT2D eigenvalue weighted by atomic mass is 16.3. The van der Waals surface area contributed by atoms with Crippen LogP contribution in [-0.2, 0) is 4.79 Å². The molecule has 1 aromatic heterocycles. The van der Waals surface area contributed by atoms with Crippen LogP contribution in [-0.4, -0.2) is 22.9 Å². The Hall–Kier alpha value is -1.29. The van der Waals surface area contributed by atoms with E-state index < -0.39 is 0 Å². The predicted octanol–water partition coefficient (Wildman–Crippen LogP) is 2.13. The van der Waals surface area contributed by atoms with Crippen molar-refractivity contribution in [1.29, 1.82) is 0 Å². The average molecular weight is 248 g/mol. The minimum atomic E-state index is -0.0683. The molecule has 0 spiro atoms. The third kappa shape index (κ3) is 2.05. The maximum atomic E-state index is 12.3. The van der Waals surface area contributed by atoms with Gasteiger partial charge in [0, 0.05) is 18.5 Å². The number of hydrogen-bond acceptors (Lipinski definition) is 3. The molecule has 1 amide bonds. The molecule has 2 heterocycles. The quantitative estimate of drug-likeness (QED) is 0.872. The number of nitrogens with two attached hydrogens (primary N) is 1. The molecule has 2 fully saturated rings. The Morgan fingerprint density at radius 1 is 1.33 bits per heavy atom. The number of rotatable bonds is 2. The molecule has 3 rings (SSSR count). The van der Waals surface area contributed by atoms with Gasteiger partial charge in [0.1, 0.15) is 17.6 Å². The Morgan fingerprint density at radius 3 is 2.72 bits per heavy atom. The van der Waals surface area contributed by atoms with Crippen LogP contribution in [0.4, 0.5) is 0 Å². The number of carbonyl (C=O) groups is 1. The van der Waals surface area contributed by atoms with Crippen molar-refractivity contribution < 1.29 is 9.21 Å². The lowest BCUT2D eigenvalue weighted by Gasteiger charge is -2.32. The summed E-state index contributed by atoms with van der Waals surface area (Å²) in [5, 5.41) is 0. The third-order valence-electron chi connectivity index (χ3n) is 3.91. The summed E-state index contributed by atoms with van der Waals surface area (Å²) in [6.07, 6.45) is 4.61. The molecule has 98 valence electrons. The fourth-order valence-electron chi connectivity index (χ4n) is 2.88. The van der Waals surface area contributed by atoms with Gasteiger partial charge in [-0.15, -0.1) is 0 Å². The number of nitrogens with zero attached hydrogens (tertiary/aromatic N) is 1. The van der Waals surface area contributed by atoms with Gasteiger partial charge in [-0.1, -0.05) is 0 Å². The normalized spacial score (nSPS) is 29.4. The van der Waals surface area contributed by atoms with Gasteiger partial charge < -0.3 is 15.1 Å². The first-order chi connectivity index (χ1) is 8.66. The molecule has 0 aromatic carbocycles. The number of aryl methyl sites for hydroxylation is 1. The predicted molar refractivity (Wildman–Crippen MR) is 67.9 cm³/mol. The summed E-state index contributed by atoms with van der Waals surface area (Å²) < 4.78 is 5.73. The zero-order valence-corrected chi connectivity index (χ0v) is 10.8. The lowest BCUT2D eigenvalue weighted by Crippen LogP contribution is -2.43. The van der Waals surface area contributed by atoms with Crippen molar-refractivity contribution in [1.82, 2.24) is 4.90 Å². The van der Waals surface area contributed by atoms with Crippen LogP contribution < -0.4 is 5.73 Å². The van der Waals surface area contributed by atoms with Crippen LogP contribution in [0.3, 0.4) is 0 Å². The Kier molecular flexibility index (Phi) is 2.90. The van der Waals surface area contributed by atoms with Gasteiger partial charge in [-0.25, -0.2) is 0 Å². The molecule has 1 aliphatic carbocycles. The van der Waals surface area contributed by atoms with Gasteiger partial charge in [0.25, 0.3) is 0 Å². The molecule has 4 nitrogen and oxygen atoms in total. The third-order valence-corrected chi connectivity index (χ3v) is 3.91. The van der Waals surface area contributed by atoms with Crippen molar-refractivity contribution in [3.8, 4) is 0 Å². The summed E-state index contributed by atoms with van der Waals surface area (Å²) in [4.78, 5) is 14.3. The van der Waals surface area contributed by atoms with Gasteiger partial charge in [-0.05, 0) is 44.7 Å². The van der Waals surface area contributed by atoms with Crippen molar-refractivity contribution in [3.63, 3.8) is 0 Å². The molecule has 2 aliphatic rings. The smallest absolute Gasteiger partial charge is 0.223 e. The van der Waals surface area contributed by atoms with E-state index in [4.69, 9.17) is 10.2 Å². The van der Waals surface area contributed by atoms with Crippen LogP contribution in [0.15, 0.2) is 16.5 Å². The van der Waals surface area contributed by atoms with Crippen LogP contribution in [0.2, 0.25) is 0 Å². The maximum Gasteiger partial charge on any atom is 0.223 e. The number of hydrogen-bond donors (Lipinski definition) is 1. The monoisotopic (exact) mass is 248 g/mol. The molecule has 1 saturated carbocycles. The van der Waals surface area contributed by atoms with Gasteiger partial charge in [-0.3, -0.25) is 4.79 Å².